The molecule has 0 fully saturated rings. The molecule has 102 valence electrons. The zero-order valence-corrected chi connectivity index (χ0v) is 10.2. The van der Waals surface area contributed by atoms with Crippen LogP contribution in [0, 0.1) is 0 Å². The molecular formula is C12H17F3N2O. The first-order chi connectivity index (χ1) is 8.38. The molecule has 0 aromatic heterocycles. The van der Waals surface area contributed by atoms with E-state index in [-0.39, 0.29) is 6.61 Å². The minimum Gasteiger partial charge on any atom is -0.399 e. The van der Waals surface area contributed by atoms with Crippen molar-refractivity contribution in [3.63, 3.8) is 0 Å². The molecule has 0 amide bonds. The lowest BCUT2D eigenvalue weighted by atomic mass is 10.2. The number of alkyl halides is 3. The Morgan fingerprint density at radius 1 is 1.22 bits per heavy atom. The largest absolute Gasteiger partial charge is 0.411 e. The van der Waals surface area contributed by atoms with Crippen LogP contribution in [-0.2, 0) is 4.74 Å². The van der Waals surface area contributed by atoms with Crippen molar-refractivity contribution in [2.24, 2.45) is 0 Å². The third kappa shape index (κ3) is 5.77. The van der Waals surface area contributed by atoms with Crippen molar-refractivity contribution < 1.29 is 17.9 Å². The molecule has 0 spiro atoms. The minimum atomic E-state index is -4.25. The van der Waals surface area contributed by atoms with Gasteiger partial charge in [0, 0.05) is 31.6 Å². The summed E-state index contributed by atoms with van der Waals surface area (Å²) in [5.41, 5.74) is 7.22. The van der Waals surface area contributed by atoms with Crippen LogP contribution in [0.15, 0.2) is 24.3 Å². The van der Waals surface area contributed by atoms with Crippen molar-refractivity contribution >= 4 is 11.4 Å². The van der Waals surface area contributed by atoms with Gasteiger partial charge in [-0.25, -0.2) is 0 Å². The van der Waals surface area contributed by atoms with Crippen molar-refractivity contribution in [3.8, 4) is 0 Å². The van der Waals surface area contributed by atoms with Gasteiger partial charge in [-0.2, -0.15) is 13.2 Å². The van der Waals surface area contributed by atoms with Crippen LogP contribution in [0.1, 0.15) is 6.42 Å². The lowest BCUT2D eigenvalue weighted by molar-refractivity contribution is -0.173. The molecule has 0 unspecified atom stereocenters. The van der Waals surface area contributed by atoms with E-state index in [9.17, 15) is 13.2 Å². The number of ether oxygens (including phenoxy) is 1. The lowest BCUT2D eigenvalue weighted by Gasteiger charge is -2.19. The van der Waals surface area contributed by atoms with Crippen LogP contribution in [0.2, 0.25) is 0 Å². The zero-order valence-electron chi connectivity index (χ0n) is 10.2. The first-order valence-electron chi connectivity index (χ1n) is 5.59. The van der Waals surface area contributed by atoms with Gasteiger partial charge in [0.05, 0.1) is 0 Å². The summed E-state index contributed by atoms with van der Waals surface area (Å²) in [4.78, 5) is 1.94. The van der Waals surface area contributed by atoms with Gasteiger partial charge in [-0.05, 0) is 30.7 Å². The molecule has 0 atom stereocenters. The average molecular weight is 262 g/mol. The SMILES string of the molecule is CN(CCCOCC(F)(F)F)c1ccc(N)cc1. The molecule has 3 nitrogen and oxygen atoms in total. The summed E-state index contributed by atoms with van der Waals surface area (Å²) >= 11 is 0. The molecule has 0 heterocycles. The van der Waals surface area contributed by atoms with E-state index in [2.05, 4.69) is 4.74 Å². The molecule has 1 rings (SSSR count). The fourth-order valence-corrected chi connectivity index (χ4v) is 1.45. The van der Waals surface area contributed by atoms with Gasteiger partial charge in [0.25, 0.3) is 0 Å². The van der Waals surface area contributed by atoms with Crippen LogP contribution in [0.4, 0.5) is 24.5 Å². The minimum absolute atomic E-state index is 0.0961. The average Bonchev–Trinajstić information content (AvgIpc) is 2.27. The van der Waals surface area contributed by atoms with E-state index in [1.54, 1.807) is 12.1 Å². The summed E-state index contributed by atoms with van der Waals surface area (Å²) < 4.78 is 39.9. The monoisotopic (exact) mass is 262 g/mol. The highest BCUT2D eigenvalue weighted by molar-refractivity contribution is 5.52. The maximum atomic E-state index is 11.8. The highest BCUT2D eigenvalue weighted by atomic mass is 19.4. The molecular weight excluding hydrogens is 245 g/mol. The Bertz CT molecular complexity index is 351. The predicted molar refractivity (Wildman–Crippen MR) is 65.6 cm³/mol. The molecule has 0 saturated carbocycles. The normalized spacial score (nSPS) is 11.6. The fraction of sp³-hybridized carbons (Fsp3) is 0.500. The van der Waals surface area contributed by atoms with Crippen molar-refractivity contribution in [1.29, 1.82) is 0 Å². The Kier molecular flexibility index (Phi) is 5.27. The molecule has 6 heteroatoms. The number of benzene rings is 1. The van der Waals surface area contributed by atoms with Crippen LogP contribution in [0.3, 0.4) is 0 Å². The summed E-state index contributed by atoms with van der Waals surface area (Å²) in [7, 11) is 1.87. The molecule has 2 N–H and O–H groups in total. The quantitative estimate of drug-likeness (QED) is 0.632. The number of anilines is 2. The lowest BCUT2D eigenvalue weighted by Crippen LogP contribution is -2.22. The molecule has 1 aromatic carbocycles. The third-order valence-corrected chi connectivity index (χ3v) is 2.38. The van der Waals surface area contributed by atoms with E-state index in [0.29, 0.717) is 18.7 Å². The maximum Gasteiger partial charge on any atom is 0.411 e. The second-order valence-corrected chi connectivity index (χ2v) is 4.03. The van der Waals surface area contributed by atoms with Gasteiger partial charge in [0.15, 0.2) is 0 Å². The highest BCUT2D eigenvalue weighted by Crippen LogP contribution is 2.16. The Labute approximate surface area is 104 Å². The van der Waals surface area contributed by atoms with Gasteiger partial charge in [-0.15, -0.1) is 0 Å². The molecule has 18 heavy (non-hydrogen) atoms. The second-order valence-electron chi connectivity index (χ2n) is 4.03. The third-order valence-electron chi connectivity index (χ3n) is 2.38. The van der Waals surface area contributed by atoms with Gasteiger partial charge in [-0.3, -0.25) is 0 Å². The van der Waals surface area contributed by atoms with E-state index in [4.69, 9.17) is 5.73 Å². The number of hydrogen-bond donors (Lipinski definition) is 1. The first kappa shape index (κ1) is 14.6. The van der Waals surface area contributed by atoms with Gasteiger partial charge < -0.3 is 15.4 Å². The Hall–Kier alpha value is -1.43. The van der Waals surface area contributed by atoms with Crippen LogP contribution in [0.5, 0.6) is 0 Å². The maximum absolute atomic E-state index is 11.8. The van der Waals surface area contributed by atoms with Crippen LogP contribution < -0.4 is 10.6 Å². The standard InChI is InChI=1S/C12H17F3N2O/c1-17(11-5-3-10(16)4-6-11)7-2-8-18-9-12(13,14)15/h3-6H,2,7-9,16H2,1H3. The smallest absolute Gasteiger partial charge is 0.399 e. The Balaban J connectivity index is 2.21. The number of rotatable bonds is 6. The number of hydrogen-bond acceptors (Lipinski definition) is 3. The summed E-state index contributed by atoms with van der Waals surface area (Å²) in [6.45, 7) is -0.459. The Morgan fingerprint density at radius 2 is 1.83 bits per heavy atom. The van der Waals surface area contributed by atoms with Gasteiger partial charge in [-0.1, -0.05) is 0 Å². The van der Waals surface area contributed by atoms with Gasteiger partial charge in [0.2, 0.25) is 0 Å². The topological polar surface area (TPSA) is 38.5 Å². The summed E-state index contributed by atoms with van der Waals surface area (Å²) in [5.74, 6) is 0. The molecule has 0 radical (unpaired) electrons. The molecule has 0 bridgehead atoms. The van der Waals surface area contributed by atoms with Crippen molar-refractivity contribution in [2.45, 2.75) is 12.6 Å². The van der Waals surface area contributed by atoms with E-state index in [1.807, 2.05) is 24.1 Å². The van der Waals surface area contributed by atoms with Gasteiger partial charge >= 0.3 is 6.18 Å². The molecule has 0 aliphatic heterocycles. The molecule has 0 aliphatic carbocycles. The van der Waals surface area contributed by atoms with Crippen LogP contribution >= 0.6 is 0 Å². The van der Waals surface area contributed by atoms with E-state index in [0.717, 1.165) is 5.69 Å². The predicted octanol–water partition coefficient (Wildman–Crippen LogP) is 2.67. The second kappa shape index (κ2) is 6.49. The molecule has 0 saturated heterocycles. The van der Waals surface area contributed by atoms with Crippen molar-refractivity contribution in [2.75, 3.05) is 37.4 Å². The first-order valence-corrected chi connectivity index (χ1v) is 5.59. The number of nitrogens with two attached hydrogens (primary N) is 1. The summed E-state index contributed by atoms with van der Waals surface area (Å²) in [6, 6.07) is 7.30. The summed E-state index contributed by atoms with van der Waals surface area (Å²) in [6.07, 6.45) is -3.71. The molecule has 0 aliphatic rings. The number of nitrogen functional groups attached to an aromatic ring is 1. The van der Waals surface area contributed by atoms with E-state index in [1.165, 1.54) is 0 Å². The summed E-state index contributed by atoms with van der Waals surface area (Å²) in [5, 5.41) is 0. The van der Waals surface area contributed by atoms with E-state index < -0.39 is 12.8 Å². The van der Waals surface area contributed by atoms with Crippen LogP contribution in [-0.4, -0.2) is 33.0 Å². The Morgan fingerprint density at radius 3 is 2.39 bits per heavy atom. The molecule has 1 aromatic rings. The van der Waals surface area contributed by atoms with Crippen molar-refractivity contribution in [3.05, 3.63) is 24.3 Å². The zero-order chi connectivity index (χ0) is 13.6. The number of nitrogens with zero attached hydrogens (tertiary/aromatic N) is 1. The fourth-order valence-electron chi connectivity index (χ4n) is 1.45. The van der Waals surface area contributed by atoms with Crippen LogP contribution in [0.25, 0.3) is 0 Å². The van der Waals surface area contributed by atoms with Crippen molar-refractivity contribution in [1.82, 2.24) is 0 Å². The van der Waals surface area contributed by atoms with E-state index >= 15 is 0 Å². The highest BCUT2D eigenvalue weighted by Gasteiger charge is 2.27. The van der Waals surface area contributed by atoms with Gasteiger partial charge in [0.1, 0.15) is 6.61 Å². The number of halogens is 3.